The molecular formula is C14H21N3. The van der Waals surface area contributed by atoms with Crippen LogP contribution in [0.1, 0.15) is 52.8 Å². The van der Waals surface area contributed by atoms with Gasteiger partial charge in [0.25, 0.3) is 0 Å². The maximum Gasteiger partial charge on any atom is 0.177 e. The fourth-order valence-corrected chi connectivity index (χ4v) is 1.90. The van der Waals surface area contributed by atoms with Crippen LogP contribution in [0.2, 0.25) is 0 Å². The van der Waals surface area contributed by atoms with Crippen LogP contribution in [0.4, 0.5) is 0 Å². The molecule has 2 aromatic heterocycles. The molecule has 0 spiro atoms. The monoisotopic (exact) mass is 231 g/mol. The zero-order valence-electron chi connectivity index (χ0n) is 11.5. The van der Waals surface area contributed by atoms with Crippen molar-refractivity contribution in [2.24, 2.45) is 0 Å². The molecule has 0 saturated heterocycles. The average molecular weight is 231 g/mol. The van der Waals surface area contributed by atoms with Crippen LogP contribution in [0.3, 0.4) is 0 Å². The molecule has 0 aliphatic carbocycles. The van der Waals surface area contributed by atoms with Gasteiger partial charge in [0.15, 0.2) is 5.65 Å². The minimum absolute atomic E-state index is 0.0487. The van der Waals surface area contributed by atoms with Gasteiger partial charge in [-0.2, -0.15) is 0 Å². The normalized spacial score (nSPS) is 13.3. The molecular weight excluding hydrogens is 210 g/mol. The van der Waals surface area contributed by atoms with Crippen LogP contribution in [0, 0.1) is 0 Å². The van der Waals surface area contributed by atoms with Gasteiger partial charge in [-0.15, -0.1) is 0 Å². The zero-order valence-corrected chi connectivity index (χ0v) is 11.5. The van der Waals surface area contributed by atoms with Crippen molar-refractivity contribution >= 4 is 11.2 Å². The van der Waals surface area contributed by atoms with Crippen LogP contribution in [0.5, 0.6) is 0 Å². The van der Waals surface area contributed by atoms with E-state index < -0.39 is 0 Å². The SMILES string of the molecule is CC(C)(C)c1cc(C(C)(C)C)c2[nH]cnc2n1. The number of aromatic nitrogens is 3. The van der Waals surface area contributed by atoms with Crippen molar-refractivity contribution in [3.8, 4) is 0 Å². The lowest BCUT2D eigenvalue weighted by Crippen LogP contribution is -2.18. The molecule has 3 heteroatoms. The van der Waals surface area contributed by atoms with E-state index in [2.05, 4.69) is 62.6 Å². The van der Waals surface area contributed by atoms with Gasteiger partial charge in [0.05, 0.1) is 11.8 Å². The van der Waals surface area contributed by atoms with Crippen LogP contribution < -0.4 is 0 Å². The molecule has 0 aliphatic rings. The Morgan fingerprint density at radius 3 is 2.18 bits per heavy atom. The highest BCUT2D eigenvalue weighted by molar-refractivity contribution is 5.76. The third-order valence-corrected chi connectivity index (χ3v) is 2.97. The van der Waals surface area contributed by atoms with Gasteiger partial charge < -0.3 is 4.98 Å². The summed E-state index contributed by atoms with van der Waals surface area (Å²) < 4.78 is 0. The second-order valence-electron chi connectivity index (χ2n) is 6.66. The zero-order chi connectivity index (χ0) is 12.8. The van der Waals surface area contributed by atoms with Gasteiger partial charge in [0, 0.05) is 11.1 Å². The van der Waals surface area contributed by atoms with Gasteiger partial charge in [-0.3, -0.25) is 0 Å². The van der Waals surface area contributed by atoms with E-state index in [0.717, 1.165) is 16.9 Å². The lowest BCUT2D eigenvalue weighted by molar-refractivity contribution is 0.557. The summed E-state index contributed by atoms with van der Waals surface area (Å²) >= 11 is 0. The molecule has 0 saturated carbocycles. The van der Waals surface area contributed by atoms with Gasteiger partial charge in [-0.1, -0.05) is 41.5 Å². The molecule has 0 amide bonds. The van der Waals surface area contributed by atoms with E-state index in [9.17, 15) is 0 Å². The Bertz CT molecular complexity index is 539. The van der Waals surface area contributed by atoms with Crippen LogP contribution >= 0.6 is 0 Å². The standard InChI is InChI=1S/C14H21N3/c1-13(2,3)9-7-10(14(4,5)6)17-12-11(9)15-8-16-12/h7-8H,1-6H3,(H,15,16,17). The van der Waals surface area contributed by atoms with E-state index in [1.54, 1.807) is 6.33 Å². The Labute approximate surface area is 103 Å². The summed E-state index contributed by atoms with van der Waals surface area (Å²) in [6.45, 7) is 13.2. The van der Waals surface area contributed by atoms with E-state index in [1.807, 2.05) is 0 Å². The molecule has 0 atom stereocenters. The summed E-state index contributed by atoms with van der Waals surface area (Å²) in [5.41, 5.74) is 4.40. The fraction of sp³-hybridized carbons (Fsp3) is 0.571. The third-order valence-electron chi connectivity index (χ3n) is 2.97. The Morgan fingerprint density at radius 2 is 1.65 bits per heavy atom. The van der Waals surface area contributed by atoms with E-state index in [0.29, 0.717) is 0 Å². The molecule has 0 bridgehead atoms. The molecule has 0 fully saturated rings. The molecule has 92 valence electrons. The quantitative estimate of drug-likeness (QED) is 0.753. The molecule has 3 nitrogen and oxygen atoms in total. The van der Waals surface area contributed by atoms with Crippen LogP contribution in [-0.2, 0) is 10.8 Å². The maximum absolute atomic E-state index is 4.64. The van der Waals surface area contributed by atoms with Crippen molar-refractivity contribution in [2.45, 2.75) is 52.4 Å². The highest BCUT2D eigenvalue weighted by Crippen LogP contribution is 2.31. The minimum Gasteiger partial charge on any atom is -0.343 e. The van der Waals surface area contributed by atoms with Crippen molar-refractivity contribution in [3.05, 3.63) is 23.7 Å². The highest BCUT2D eigenvalue weighted by atomic mass is 15.0. The first kappa shape index (κ1) is 12.1. The van der Waals surface area contributed by atoms with Gasteiger partial charge >= 0.3 is 0 Å². The maximum atomic E-state index is 4.64. The fourth-order valence-electron chi connectivity index (χ4n) is 1.90. The van der Waals surface area contributed by atoms with Gasteiger partial charge in [-0.25, -0.2) is 9.97 Å². The second-order valence-corrected chi connectivity index (χ2v) is 6.66. The van der Waals surface area contributed by atoms with Crippen molar-refractivity contribution in [3.63, 3.8) is 0 Å². The number of nitrogens with zero attached hydrogens (tertiary/aromatic N) is 2. The lowest BCUT2D eigenvalue weighted by Gasteiger charge is -2.24. The number of nitrogens with one attached hydrogen (secondary N) is 1. The summed E-state index contributed by atoms with van der Waals surface area (Å²) in [5.74, 6) is 0. The molecule has 17 heavy (non-hydrogen) atoms. The molecule has 2 heterocycles. The third kappa shape index (κ3) is 2.19. The lowest BCUT2D eigenvalue weighted by atomic mass is 9.83. The van der Waals surface area contributed by atoms with E-state index in [1.165, 1.54) is 5.56 Å². The molecule has 2 aromatic rings. The van der Waals surface area contributed by atoms with Crippen molar-refractivity contribution < 1.29 is 0 Å². The summed E-state index contributed by atoms with van der Waals surface area (Å²) in [7, 11) is 0. The molecule has 0 unspecified atom stereocenters. The number of imidazole rings is 1. The number of pyridine rings is 1. The first-order valence-electron chi connectivity index (χ1n) is 6.05. The van der Waals surface area contributed by atoms with E-state index in [-0.39, 0.29) is 10.8 Å². The smallest absolute Gasteiger partial charge is 0.177 e. The average Bonchev–Trinajstić information content (AvgIpc) is 2.59. The van der Waals surface area contributed by atoms with E-state index >= 15 is 0 Å². The summed E-state index contributed by atoms with van der Waals surface area (Å²) in [6.07, 6.45) is 1.72. The summed E-state index contributed by atoms with van der Waals surface area (Å²) in [4.78, 5) is 12.1. The molecule has 2 rings (SSSR count). The molecule has 1 N–H and O–H groups in total. The minimum atomic E-state index is 0.0487. The topological polar surface area (TPSA) is 41.6 Å². The number of aromatic amines is 1. The largest absolute Gasteiger partial charge is 0.343 e. The van der Waals surface area contributed by atoms with Gasteiger partial charge in [-0.05, 0) is 17.0 Å². The second kappa shape index (κ2) is 3.56. The number of hydrogen-bond acceptors (Lipinski definition) is 2. The van der Waals surface area contributed by atoms with Crippen LogP contribution in [0.25, 0.3) is 11.2 Å². The van der Waals surface area contributed by atoms with Crippen LogP contribution in [0.15, 0.2) is 12.4 Å². The predicted octanol–water partition coefficient (Wildman–Crippen LogP) is 3.55. The highest BCUT2D eigenvalue weighted by Gasteiger charge is 2.24. The Hall–Kier alpha value is -1.38. The number of rotatable bonds is 0. The van der Waals surface area contributed by atoms with E-state index in [4.69, 9.17) is 0 Å². The molecule has 0 aliphatic heterocycles. The molecule has 0 aromatic carbocycles. The first-order valence-corrected chi connectivity index (χ1v) is 6.05. The van der Waals surface area contributed by atoms with Gasteiger partial charge in [0.2, 0.25) is 0 Å². The Kier molecular flexibility index (Phi) is 2.53. The van der Waals surface area contributed by atoms with Crippen molar-refractivity contribution in [2.75, 3.05) is 0 Å². The number of hydrogen-bond donors (Lipinski definition) is 1. The number of fused-ring (bicyclic) bond motifs is 1. The summed E-state index contributed by atoms with van der Waals surface area (Å²) in [6, 6.07) is 2.21. The Morgan fingerprint density at radius 1 is 1.00 bits per heavy atom. The number of H-pyrrole nitrogens is 1. The van der Waals surface area contributed by atoms with Gasteiger partial charge in [0.1, 0.15) is 0 Å². The Balaban J connectivity index is 2.76. The predicted molar refractivity (Wildman–Crippen MR) is 71.3 cm³/mol. The van der Waals surface area contributed by atoms with Crippen molar-refractivity contribution in [1.82, 2.24) is 15.0 Å². The van der Waals surface area contributed by atoms with Crippen LogP contribution in [-0.4, -0.2) is 15.0 Å². The summed E-state index contributed by atoms with van der Waals surface area (Å²) in [5, 5.41) is 0. The molecule has 0 radical (unpaired) electrons. The van der Waals surface area contributed by atoms with Crippen molar-refractivity contribution in [1.29, 1.82) is 0 Å². The first-order chi connectivity index (χ1) is 7.69.